The lowest BCUT2D eigenvalue weighted by molar-refractivity contribution is -0.432. The Hall–Kier alpha value is -1.01. The van der Waals surface area contributed by atoms with Crippen LogP contribution >= 0.6 is 0 Å². The van der Waals surface area contributed by atoms with E-state index < -0.39 is 0 Å². The molecule has 0 unspecified atom stereocenters. The first-order valence-electron chi connectivity index (χ1n) is 5.20. The maximum atomic E-state index is 9.31. The topological polar surface area (TPSA) is 86.6 Å². The highest BCUT2D eigenvalue weighted by Gasteiger charge is 2.24. The summed E-state index contributed by atoms with van der Waals surface area (Å²) in [6.45, 7) is 0.129. The summed E-state index contributed by atoms with van der Waals surface area (Å²) >= 11 is 0. The summed E-state index contributed by atoms with van der Waals surface area (Å²) in [5, 5.41) is 18.4. The first-order valence-corrected chi connectivity index (χ1v) is 5.20. The van der Waals surface area contributed by atoms with Gasteiger partial charge in [0.2, 0.25) is 6.79 Å². The number of benzene rings is 1. The number of aliphatic hydroxyl groups excluding tert-OH is 2. The van der Waals surface area contributed by atoms with Gasteiger partial charge in [-0.15, -0.1) is 0 Å². The van der Waals surface area contributed by atoms with Crippen LogP contribution in [0.25, 0.3) is 0 Å². The Labute approximate surface area is 106 Å². The van der Waals surface area contributed by atoms with Gasteiger partial charge < -0.3 is 37.8 Å². The van der Waals surface area contributed by atoms with Crippen molar-refractivity contribution in [2.24, 2.45) is 0 Å². The molecule has 6 heteroatoms. The van der Waals surface area contributed by atoms with Crippen molar-refractivity contribution in [1.82, 2.24) is 0 Å². The van der Waals surface area contributed by atoms with Crippen LogP contribution in [0, 0.1) is 0 Å². The molecule has 0 saturated heterocycles. The molecule has 0 aliphatic carbocycles. The van der Waals surface area contributed by atoms with E-state index in [2.05, 4.69) is 5.73 Å². The van der Waals surface area contributed by atoms with Gasteiger partial charge >= 0.3 is 0 Å². The van der Waals surface area contributed by atoms with E-state index in [9.17, 15) is 5.11 Å². The van der Waals surface area contributed by atoms with Gasteiger partial charge in [0.15, 0.2) is 11.5 Å². The maximum Gasteiger partial charge on any atom is 0.231 e. The molecule has 0 saturated carbocycles. The number of ether oxygens (including phenoxy) is 2. The fourth-order valence-corrected chi connectivity index (χ4v) is 1.80. The van der Waals surface area contributed by atoms with Crippen LogP contribution in [-0.2, 0) is 0 Å². The molecule has 2 atom stereocenters. The normalized spacial score (nSPS) is 16.2. The van der Waals surface area contributed by atoms with Crippen LogP contribution < -0.4 is 27.6 Å². The zero-order chi connectivity index (χ0) is 11.5. The summed E-state index contributed by atoms with van der Waals surface area (Å²) in [6, 6.07) is 5.27. The molecule has 1 aliphatic rings. The molecule has 17 heavy (non-hydrogen) atoms. The van der Waals surface area contributed by atoms with Crippen molar-refractivity contribution in [1.29, 1.82) is 0 Å². The number of fused-ring (bicyclic) bond motifs is 1. The van der Waals surface area contributed by atoms with Crippen LogP contribution in [0.5, 0.6) is 11.5 Å². The SMILES string of the molecule is [Cl-].[NH3+][C@@H](CO)[C@H](CO)c1ccc2c(c1)OCO2. The molecule has 5 N–H and O–H groups in total. The number of aliphatic hydroxyl groups is 2. The molecule has 0 amide bonds. The summed E-state index contributed by atoms with van der Waals surface area (Å²) in [7, 11) is 0. The third-order valence-electron chi connectivity index (χ3n) is 2.83. The molecular formula is C11H16ClNO4. The summed E-state index contributed by atoms with van der Waals surface area (Å²) in [6.07, 6.45) is 0. The van der Waals surface area contributed by atoms with Gasteiger partial charge in [0, 0.05) is 0 Å². The fourth-order valence-electron chi connectivity index (χ4n) is 1.80. The fraction of sp³-hybridized carbons (Fsp3) is 0.455. The minimum atomic E-state index is -0.231. The Kier molecular flexibility index (Phi) is 5.02. The molecule has 0 radical (unpaired) electrons. The molecule has 1 aromatic rings. The van der Waals surface area contributed by atoms with Gasteiger partial charge in [-0.1, -0.05) is 6.07 Å². The van der Waals surface area contributed by atoms with Gasteiger partial charge in [-0.2, -0.15) is 0 Å². The Bertz CT molecular complexity index is 374. The number of halogens is 1. The van der Waals surface area contributed by atoms with Gasteiger partial charge in [-0.05, 0) is 17.7 Å². The predicted octanol–water partition coefficient (Wildman–Crippen LogP) is -3.90. The lowest BCUT2D eigenvalue weighted by atomic mass is 9.93. The zero-order valence-electron chi connectivity index (χ0n) is 9.30. The van der Waals surface area contributed by atoms with E-state index in [0.29, 0.717) is 11.5 Å². The minimum Gasteiger partial charge on any atom is -1.00 e. The maximum absolute atomic E-state index is 9.31. The van der Waals surface area contributed by atoms with E-state index >= 15 is 0 Å². The van der Waals surface area contributed by atoms with E-state index in [0.717, 1.165) is 5.56 Å². The van der Waals surface area contributed by atoms with Crippen LogP contribution in [0.1, 0.15) is 11.5 Å². The Morgan fingerprint density at radius 2 is 1.88 bits per heavy atom. The molecule has 2 rings (SSSR count). The first-order chi connectivity index (χ1) is 7.76. The van der Waals surface area contributed by atoms with E-state index in [-0.39, 0.29) is 44.4 Å². The second-order valence-electron chi connectivity index (χ2n) is 3.84. The van der Waals surface area contributed by atoms with Crippen LogP contribution in [0.4, 0.5) is 0 Å². The molecule has 0 bridgehead atoms. The Morgan fingerprint density at radius 3 is 2.53 bits per heavy atom. The number of hydrogen-bond donors (Lipinski definition) is 3. The lowest BCUT2D eigenvalue weighted by Crippen LogP contribution is -3.00. The van der Waals surface area contributed by atoms with Gasteiger partial charge in [-0.25, -0.2) is 0 Å². The molecule has 0 fully saturated rings. The highest BCUT2D eigenvalue weighted by molar-refractivity contribution is 5.45. The van der Waals surface area contributed by atoms with E-state index in [1.54, 1.807) is 0 Å². The minimum absolute atomic E-state index is 0. The van der Waals surface area contributed by atoms with Crippen molar-refractivity contribution in [3.05, 3.63) is 23.8 Å². The van der Waals surface area contributed by atoms with Crippen molar-refractivity contribution in [2.75, 3.05) is 20.0 Å². The van der Waals surface area contributed by atoms with E-state index in [1.165, 1.54) is 0 Å². The van der Waals surface area contributed by atoms with Gasteiger partial charge in [0.1, 0.15) is 6.04 Å². The third kappa shape index (κ3) is 2.81. The smallest absolute Gasteiger partial charge is 0.231 e. The number of quaternary nitrogens is 1. The summed E-state index contributed by atoms with van der Waals surface area (Å²) in [5.41, 5.74) is 4.72. The predicted molar refractivity (Wildman–Crippen MR) is 56.2 cm³/mol. The van der Waals surface area contributed by atoms with Crippen LogP contribution in [0.15, 0.2) is 18.2 Å². The highest BCUT2D eigenvalue weighted by Crippen LogP contribution is 2.34. The zero-order valence-corrected chi connectivity index (χ0v) is 10.1. The van der Waals surface area contributed by atoms with Gasteiger partial charge in [0.25, 0.3) is 0 Å². The van der Waals surface area contributed by atoms with Crippen molar-refractivity contribution >= 4 is 0 Å². The lowest BCUT2D eigenvalue weighted by Gasteiger charge is -2.17. The average molecular weight is 262 g/mol. The molecular weight excluding hydrogens is 246 g/mol. The summed E-state index contributed by atoms with van der Waals surface area (Å²) in [5.74, 6) is 1.21. The van der Waals surface area contributed by atoms with Crippen LogP contribution in [0.2, 0.25) is 0 Å². The number of rotatable bonds is 4. The van der Waals surface area contributed by atoms with E-state index in [1.807, 2.05) is 18.2 Å². The molecule has 0 aromatic heterocycles. The Balaban J connectivity index is 0.00000144. The molecule has 1 heterocycles. The molecule has 0 spiro atoms. The summed E-state index contributed by atoms with van der Waals surface area (Å²) < 4.78 is 10.5. The second kappa shape index (κ2) is 6.07. The molecule has 1 aliphatic heterocycles. The van der Waals surface area contributed by atoms with Crippen molar-refractivity contribution in [3.8, 4) is 11.5 Å². The van der Waals surface area contributed by atoms with Gasteiger partial charge in [-0.3, -0.25) is 0 Å². The van der Waals surface area contributed by atoms with Crippen LogP contribution in [0.3, 0.4) is 0 Å². The molecule has 96 valence electrons. The van der Waals surface area contributed by atoms with Crippen molar-refractivity contribution in [2.45, 2.75) is 12.0 Å². The van der Waals surface area contributed by atoms with Crippen LogP contribution in [-0.4, -0.2) is 36.3 Å². The second-order valence-corrected chi connectivity index (χ2v) is 3.84. The Morgan fingerprint density at radius 1 is 1.18 bits per heavy atom. The van der Waals surface area contributed by atoms with E-state index in [4.69, 9.17) is 14.6 Å². The summed E-state index contributed by atoms with van der Waals surface area (Å²) in [4.78, 5) is 0. The van der Waals surface area contributed by atoms with Crippen molar-refractivity contribution < 1.29 is 37.8 Å². The highest BCUT2D eigenvalue weighted by atomic mass is 35.5. The first kappa shape index (κ1) is 14.1. The largest absolute Gasteiger partial charge is 1.00 e. The third-order valence-corrected chi connectivity index (χ3v) is 2.83. The monoisotopic (exact) mass is 261 g/mol. The standard InChI is InChI=1S/C11H15NO4.ClH/c12-9(5-14)8(4-13)7-1-2-10-11(3-7)16-6-15-10;/h1-3,8-9,13-14H,4-6,12H2;1H/t8-,9+;/m1./s1. The average Bonchev–Trinajstić information content (AvgIpc) is 2.77. The molecule has 5 nitrogen and oxygen atoms in total. The number of hydrogen-bond acceptors (Lipinski definition) is 4. The van der Waals surface area contributed by atoms with Gasteiger partial charge in [0.05, 0.1) is 19.1 Å². The quantitative estimate of drug-likeness (QED) is 0.517. The molecule has 1 aromatic carbocycles. The van der Waals surface area contributed by atoms with Crippen molar-refractivity contribution in [3.63, 3.8) is 0 Å².